The van der Waals surface area contributed by atoms with E-state index in [1.807, 2.05) is 22.7 Å². The number of methoxy groups -OCH3 is 1. The monoisotopic (exact) mass is 263 g/mol. The van der Waals surface area contributed by atoms with Crippen LogP contribution in [0.15, 0.2) is 18.3 Å². The molecule has 2 aromatic rings. The van der Waals surface area contributed by atoms with Crippen LogP contribution in [-0.2, 0) is 6.42 Å². The highest BCUT2D eigenvalue weighted by atomic mass is 32.2. The van der Waals surface area contributed by atoms with Crippen molar-refractivity contribution in [1.29, 1.82) is 0 Å². The Morgan fingerprint density at radius 1 is 1.39 bits per heavy atom. The zero-order chi connectivity index (χ0) is 12.4. The number of rotatable bonds is 3. The summed E-state index contributed by atoms with van der Waals surface area (Å²) in [6, 6.07) is 3.87. The number of ether oxygens (including phenoxy) is 1. The maximum absolute atomic E-state index is 5.26. The summed E-state index contributed by atoms with van der Waals surface area (Å²) in [6.45, 7) is 0. The molecule has 0 amide bonds. The predicted octanol–water partition coefficient (Wildman–Crippen LogP) is 2.57. The van der Waals surface area contributed by atoms with Gasteiger partial charge in [0.2, 0.25) is 0 Å². The first-order valence-corrected chi connectivity index (χ1v) is 7.41. The van der Waals surface area contributed by atoms with Crippen LogP contribution in [-0.4, -0.2) is 32.7 Å². The molecule has 0 aliphatic carbocycles. The lowest BCUT2D eigenvalue weighted by molar-refractivity contribution is 0.412. The van der Waals surface area contributed by atoms with Crippen LogP contribution in [0.25, 0.3) is 5.65 Å². The first kappa shape index (κ1) is 11.8. The summed E-state index contributed by atoms with van der Waals surface area (Å²) < 4.78 is 7.30. The first-order valence-electron chi connectivity index (χ1n) is 6.36. The van der Waals surface area contributed by atoms with E-state index in [1.165, 1.54) is 25.0 Å². The summed E-state index contributed by atoms with van der Waals surface area (Å²) in [7, 11) is 1.68. The Kier molecular flexibility index (Phi) is 3.41. The first-order chi connectivity index (χ1) is 8.86. The molecular weight excluding hydrogens is 246 g/mol. The van der Waals surface area contributed by atoms with Gasteiger partial charge in [-0.3, -0.25) is 4.40 Å². The molecule has 0 aromatic carbocycles. The van der Waals surface area contributed by atoms with E-state index in [9.17, 15) is 0 Å². The average molecular weight is 263 g/mol. The molecule has 1 atom stereocenters. The van der Waals surface area contributed by atoms with E-state index < -0.39 is 0 Å². The molecular formula is C13H17N3OS. The van der Waals surface area contributed by atoms with Crippen molar-refractivity contribution in [2.24, 2.45) is 0 Å². The normalized spacial score (nSPS) is 20.2. The fraction of sp³-hybridized carbons (Fsp3) is 0.538. The van der Waals surface area contributed by atoms with Crippen LogP contribution in [0.2, 0.25) is 0 Å². The van der Waals surface area contributed by atoms with Crippen molar-refractivity contribution in [3.8, 4) is 5.75 Å². The standard InChI is InChI=1S/C13H17N3OS/c1-17-10-5-6-12-14-15-13(16(12)9-10)8-11-4-2-3-7-18-11/h5-6,9,11H,2-4,7-8H2,1H3. The van der Waals surface area contributed by atoms with E-state index in [-0.39, 0.29) is 0 Å². The van der Waals surface area contributed by atoms with E-state index in [4.69, 9.17) is 4.74 Å². The number of aromatic nitrogens is 3. The Morgan fingerprint density at radius 3 is 3.11 bits per heavy atom. The number of pyridine rings is 1. The van der Waals surface area contributed by atoms with Gasteiger partial charge in [-0.05, 0) is 30.7 Å². The Labute approximate surface area is 111 Å². The van der Waals surface area contributed by atoms with Crippen molar-refractivity contribution in [3.63, 3.8) is 0 Å². The van der Waals surface area contributed by atoms with Crippen molar-refractivity contribution in [2.45, 2.75) is 30.9 Å². The van der Waals surface area contributed by atoms with Crippen LogP contribution in [0.4, 0.5) is 0 Å². The smallest absolute Gasteiger partial charge is 0.161 e. The van der Waals surface area contributed by atoms with Crippen LogP contribution < -0.4 is 4.74 Å². The zero-order valence-electron chi connectivity index (χ0n) is 10.5. The van der Waals surface area contributed by atoms with Gasteiger partial charge in [0.25, 0.3) is 0 Å². The third kappa shape index (κ3) is 2.32. The number of nitrogens with zero attached hydrogens (tertiary/aromatic N) is 3. The number of hydrogen-bond donors (Lipinski definition) is 0. The quantitative estimate of drug-likeness (QED) is 0.853. The van der Waals surface area contributed by atoms with E-state index >= 15 is 0 Å². The molecule has 5 heteroatoms. The Morgan fingerprint density at radius 2 is 2.33 bits per heavy atom. The van der Waals surface area contributed by atoms with Crippen LogP contribution in [0.3, 0.4) is 0 Å². The van der Waals surface area contributed by atoms with E-state index in [2.05, 4.69) is 22.0 Å². The zero-order valence-corrected chi connectivity index (χ0v) is 11.3. The molecule has 96 valence electrons. The predicted molar refractivity (Wildman–Crippen MR) is 73.3 cm³/mol. The van der Waals surface area contributed by atoms with E-state index in [0.717, 1.165) is 23.6 Å². The topological polar surface area (TPSA) is 39.4 Å². The van der Waals surface area contributed by atoms with Gasteiger partial charge >= 0.3 is 0 Å². The molecule has 1 fully saturated rings. The molecule has 0 N–H and O–H groups in total. The van der Waals surface area contributed by atoms with Gasteiger partial charge in [-0.15, -0.1) is 10.2 Å². The fourth-order valence-electron chi connectivity index (χ4n) is 2.35. The van der Waals surface area contributed by atoms with Crippen LogP contribution in [0.1, 0.15) is 25.1 Å². The van der Waals surface area contributed by atoms with E-state index in [1.54, 1.807) is 7.11 Å². The van der Waals surface area contributed by atoms with Gasteiger partial charge in [0.1, 0.15) is 11.6 Å². The Hall–Kier alpha value is -1.23. The molecule has 3 rings (SSSR count). The second-order valence-electron chi connectivity index (χ2n) is 4.61. The molecule has 1 aliphatic rings. The maximum Gasteiger partial charge on any atom is 0.161 e. The van der Waals surface area contributed by atoms with Crippen LogP contribution in [0.5, 0.6) is 5.75 Å². The molecule has 1 aliphatic heterocycles. The second-order valence-corrected chi connectivity index (χ2v) is 6.01. The molecule has 4 nitrogen and oxygen atoms in total. The van der Waals surface area contributed by atoms with Gasteiger partial charge in [0.05, 0.1) is 13.3 Å². The van der Waals surface area contributed by atoms with Gasteiger partial charge < -0.3 is 4.74 Å². The molecule has 0 spiro atoms. The molecule has 3 heterocycles. The molecule has 0 bridgehead atoms. The lowest BCUT2D eigenvalue weighted by Gasteiger charge is -2.20. The highest BCUT2D eigenvalue weighted by Crippen LogP contribution is 2.27. The summed E-state index contributed by atoms with van der Waals surface area (Å²) in [6.07, 6.45) is 6.97. The molecule has 1 saturated heterocycles. The van der Waals surface area contributed by atoms with Gasteiger partial charge in [0, 0.05) is 11.7 Å². The second kappa shape index (κ2) is 5.18. The fourth-order valence-corrected chi connectivity index (χ4v) is 3.66. The summed E-state index contributed by atoms with van der Waals surface area (Å²) >= 11 is 2.07. The molecule has 0 saturated carbocycles. The van der Waals surface area contributed by atoms with Gasteiger partial charge in [-0.2, -0.15) is 11.8 Å². The summed E-state index contributed by atoms with van der Waals surface area (Å²) in [4.78, 5) is 0. The molecule has 18 heavy (non-hydrogen) atoms. The van der Waals surface area contributed by atoms with Crippen molar-refractivity contribution in [3.05, 3.63) is 24.2 Å². The summed E-state index contributed by atoms with van der Waals surface area (Å²) in [5, 5.41) is 9.21. The minimum absolute atomic E-state index is 0.692. The molecule has 2 aromatic heterocycles. The average Bonchev–Trinajstić information content (AvgIpc) is 2.82. The Bertz CT molecular complexity index is 534. The summed E-state index contributed by atoms with van der Waals surface area (Å²) in [5.41, 5.74) is 0.895. The minimum Gasteiger partial charge on any atom is -0.495 e. The lowest BCUT2D eigenvalue weighted by atomic mass is 10.1. The van der Waals surface area contributed by atoms with Crippen LogP contribution >= 0.6 is 11.8 Å². The largest absolute Gasteiger partial charge is 0.495 e. The number of hydrogen-bond acceptors (Lipinski definition) is 4. The summed E-state index contributed by atoms with van der Waals surface area (Å²) in [5.74, 6) is 3.17. The van der Waals surface area contributed by atoms with Crippen molar-refractivity contribution in [1.82, 2.24) is 14.6 Å². The van der Waals surface area contributed by atoms with Gasteiger partial charge in [-0.1, -0.05) is 6.42 Å². The molecule has 0 radical (unpaired) electrons. The van der Waals surface area contributed by atoms with Crippen LogP contribution in [0, 0.1) is 0 Å². The van der Waals surface area contributed by atoms with Crippen molar-refractivity contribution < 1.29 is 4.74 Å². The highest BCUT2D eigenvalue weighted by Gasteiger charge is 2.17. The van der Waals surface area contributed by atoms with Gasteiger partial charge in [0.15, 0.2) is 5.65 Å². The number of fused-ring (bicyclic) bond motifs is 1. The molecule has 1 unspecified atom stereocenters. The highest BCUT2D eigenvalue weighted by molar-refractivity contribution is 7.99. The van der Waals surface area contributed by atoms with Gasteiger partial charge in [-0.25, -0.2) is 0 Å². The minimum atomic E-state index is 0.692. The van der Waals surface area contributed by atoms with Crippen molar-refractivity contribution in [2.75, 3.05) is 12.9 Å². The Balaban J connectivity index is 1.86. The third-order valence-corrected chi connectivity index (χ3v) is 4.76. The van der Waals surface area contributed by atoms with E-state index in [0.29, 0.717) is 5.25 Å². The lowest BCUT2D eigenvalue weighted by Crippen LogP contribution is -2.14. The number of thioether (sulfide) groups is 1. The van der Waals surface area contributed by atoms with Crippen molar-refractivity contribution >= 4 is 17.4 Å². The third-order valence-electron chi connectivity index (χ3n) is 3.37. The maximum atomic E-state index is 5.26. The SMILES string of the molecule is COc1ccc2nnc(CC3CCCCS3)n2c1.